The maximum Gasteiger partial charge on any atom is 0.253 e. The molecule has 0 aliphatic heterocycles. The van der Waals surface area contributed by atoms with Crippen molar-refractivity contribution in [2.45, 2.75) is 13.0 Å². The Kier molecular flexibility index (Phi) is 6.57. The summed E-state index contributed by atoms with van der Waals surface area (Å²) in [5.41, 5.74) is 3.17. The zero-order chi connectivity index (χ0) is 19.8. The lowest BCUT2D eigenvalue weighted by Gasteiger charge is -2.11. The third kappa shape index (κ3) is 5.30. The van der Waals surface area contributed by atoms with Crippen molar-refractivity contribution in [3.8, 4) is 5.75 Å². The maximum absolute atomic E-state index is 12.9. The Hall–Kier alpha value is -3.41. The maximum atomic E-state index is 12.9. The van der Waals surface area contributed by atoms with Crippen LogP contribution in [-0.4, -0.2) is 24.5 Å². The molecule has 0 aliphatic rings. The lowest BCUT2D eigenvalue weighted by atomic mass is 10.1. The minimum atomic E-state index is -0.243. The molecule has 0 unspecified atom stereocenters. The summed E-state index contributed by atoms with van der Waals surface area (Å²) in [5, 5.41) is 6.12. The van der Waals surface area contributed by atoms with Crippen molar-refractivity contribution in [2.75, 3.05) is 19.0 Å². The summed E-state index contributed by atoms with van der Waals surface area (Å²) in [7, 11) is 1.60. The van der Waals surface area contributed by atoms with Crippen molar-refractivity contribution in [1.29, 1.82) is 0 Å². The highest BCUT2D eigenvalue weighted by molar-refractivity contribution is 5.94. The van der Waals surface area contributed by atoms with Crippen molar-refractivity contribution >= 4 is 11.6 Å². The van der Waals surface area contributed by atoms with Crippen LogP contribution >= 0.6 is 0 Å². The molecule has 0 atom stereocenters. The Morgan fingerprint density at radius 3 is 2.68 bits per heavy atom. The number of pyridine rings is 1. The predicted octanol–water partition coefficient (Wildman–Crippen LogP) is 3.81. The first kappa shape index (κ1) is 19.4. The van der Waals surface area contributed by atoms with Gasteiger partial charge in [0.1, 0.15) is 11.6 Å². The van der Waals surface area contributed by atoms with E-state index >= 15 is 0 Å². The minimum Gasteiger partial charge on any atom is -0.496 e. The quantitative estimate of drug-likeness (QED) is 0.625. The molecule has 0 aliphatic carbocycles. The molecule has 0 fully saturated rings. The van der Waals surface area contributed by atoms with E-state index < -0.39 is 0 Å². The fourth-order valence-corrected chi connectivity index (χ4v) is 2.79. The number of ether oxygens (including phenoxy) is 1. The molecule has 3 rings (SSSR count). The SMILES string of the molecule is COc1ccccc1CNC(=O)c1cncc(NCCc2ccc(F)cc2)c1. The number of methoxy groups -OCH3 is 1. The highest BCUT2D eigenvalue weighted by atomic mass is 19.1. The average molecular weight is 379 g/mol. The van der Waals surface area contributed by atoms with Gasteiger partial charge in [-0.05, 0) is 36.2 Å². The topological polar surface area (TPSA) is 63.2 Å². The summed E-state index contributed by atoms with van der Waals surface area (Å²) in [6.45, 7) is 1.02. The number of hydrogen-bond donors (Lipinski definition) is 2. The Balaban J connectivity index is 1.54. The van der Waals surface area contributed by atoms with E-state index in [2.05, 4.69) is 15.6 Å². The largest absolute Gasteiger partial charge is 0.496 e. The van der Waals surface area contributed by atoms with E-state index in [1.165, 1.54) is 18.3 Å². The van der Waals surface area contributed by atoms with Crippen LogP contribution in [0.4, 0.5) is 10.1 Å². The number of para-hydroxylation sites is 1. The van der Waals surface area contributed by atoms with Crippen molar-refractivity contribution < 1.29 is 13.9 Å². The van der Waals surface area contributed by atoms with Crippen molar-refractivity contribution in [1.82, 2.24) is 10.3 Å². The van der Waals surface area contributed by atoms with Gasteiger partial charge in [-0.1, -0.05) is 30.3 Å². The molecular formula is C22H22FN3O2. The molecular weight excluding hydrogens is 357 g/mol. The van der Waals surface area contributed by atoms with Crippen LogP contribution in [0.15, 0.2) is 67.0 Å². The number of carbonyl (C=O) groups is 1. The van der Waals surface area contributed by atoms with Crippen LogP contribution in [0.5, 0.6) is 5.75 Å². The minimum absolute atomic E-state index is 0.208. The van der Waals surface area contributed by atoms with E-state index in [1.807, 2.05) is 24.3 Å². The first-order chi connectivity index (χ1) is 13.7. The molecule has 5 nitrogen and oxygen atoms in total. The van der Waals surface area contributed by atoms with Crippen molar-refractivity contribution in [3.63, 3.8) is 0 Å². The van der Waals surface area contributed by atoms with Gasteiger partial charge in [0.15, 0.2) is 0 Å². The van der Waals surface area contributed by atoms with E-state index in [1.54, 1.807) is 31.5 Å². The van der Waals surface area contributed by atoms with E-state index in [4.69, 9.17) is 4.74 Å². The van der Waals surface area contributed by atoms with Gasteiger partial charge in [-0.2, -0.15) is 0 Å². The number of halogens is 1. The zero-order valence-corrected chi connectivity index (χ0v) is 15.6. The number of hydrogen-bond acceptors (Lipinski definition) is 4. The molecule has 1 amide bonds. The fourth-order valence-electron chi connectivity index (χ4n) is 2.79. The number of nitrogens with zero attached hydrogens (tertiary/aromatic N) is 1. The van der Waals surface area contributed by atoms with Gasteiger partial charge in [0.2, 0.25) is 0 Å². The predicted molar refractivity (Wildman–Crippen MR) is 107 cm³/mol. The van der Waals surface area contributed by atoms with Gasteiger partial charge in [-0.15, -0.1) is 0 Å². The van der Waals surface area contributed by atoms with Gasteiger partial charge in [-0.25, -0.2) is 4.39 Å². The number of anilines is 1. The summed E-state index contributed by atoms with van der Waals surface area (Å²) in [5.74, 6) is 0.283. The van der Waals surface area contributed by atoms with Crippen molar-refractivity contribution in [3.05, 3.63) is 89.5 Å². The smallest absolute Gasteiger partial charge is 0.253 e. The van der Waals surface area contributed by atoms with Gasteiger partial charge in [0, 0.05) is 31.0 Å². The zero-order valence-electron chi connectivity index (χ0n) is 15.6. The number of carbonyl (C=O) groups excluding carboxylic acids is 1. The second-order valence-electron chi connectivity index (χ2n) is 6.26. The Morgan fingerprint density at radius 2 is 1.89 bits per heavy atom. The van der Waals surface area contributed by atoms with Crippen LogP contribution in [0.3, 0.4) is 0 Å². The summed E-state index contributed by atoms with van der Waals surface area (Å²) >= 11 is 0. The van der Waals surface area contributed by atoms with E-state index in [9.17, 15) is 9.18 Å². The number of benzene rings is 2. The second-order valence-corrected chi connectivity index (χ2v) is 6.26. The summed E-state index contributed by atoms with van der Waals surface area (Å²) in [6.07, 6.45) is 3.94. The molecule has 2 N–H and O–H groups in total. The van der Waals surface area contributed by atoms with Gasteiger partial charge in [-0.3, -0.25) is 9.78 Å². The molecule has 0 bridgehead atoms. The van der Waals surface area contributed by atoms with Crippen LogP contribution in [0.25, 0.3) is 0 Å². The third-order valence-electron chi connectivity index (χ3n) is 4.29. The standard InChI is InChI=1S/C22H22FN3O2/c1-28-21-5-3-2-4-17(21)14-26-22(27)18-12-20(15-24-13-18)25-11-10-16-6-8-19(23)9-7-16/h2-9,12-13,15,25H,10-11,14H2,1H3,(H,26,27). The molecule has 1 aromatic heterocycles. The van der Waals surface area contributed by atoms with Gasteiger partial charge in [0.25, 0.3) is 5.91 Å². The Morgan fingerprint density at radius 1 is 1.11 bits per heavy atom. The lowest BCUT2D eigenvalue weighted by molar-refractivity contribution is 0.0950. The Bertz CT molecular complexity index is 929. The van der Waals surface area contributed by atoms with Crippen LogP contribution in [0.1, 0.15) is 21.5 Å². The fraction of sp³-hybridized carbons (Fsp3) is 0.182. The van der Waals surface area contributed by atoms with Crippen LogP contribution in [0, 0.1) is 5.82 Å². The first-order valence-corrected chi connectivity index (χ1v) is 8.99. The number of nitrogens with one attached hydrogen (secondary N) is 2. The summed E-state index contributed by atoms with van der Waals surface area (Å²) in [4.78, 5) is 16.6. The number of amides is 1. The van der Waals surface area contributed by atoms with Gasteiger partial charge < -0.3 is 15.4 Å². The van der Waals surface area contributed by atoms with Crippen LogP contribution < -0.4 is 15.4 Å². The van der Waals surface area contributed by atoms with E-state index in [-0.39, 0.29) is 11.7 Å². The second kappa shape index (κ2) is 9.50. The average Bonchev–Trinajstić information content (AvgIpc) is 2.74. The first-order valence-electron chi connectivity index (χ1n) is 8.99. The normalized spacial score (nSPS) is 10.4. The monoisotopic (exact) mass is 379 g/mol. The molecule has 0 saturated heterocycles. The molecule has 0 radical (unpaired) electrons. The van der Waals surface area contributed by atoms with Gasteiger partial charge in [0.05, 0.1) is 18.4 Å². The number of rotatable bonds is 8. The highest BCUT2D eigenvalue weighted by Gasteiger charge is 2.09. The van der Waals surface area contributed by atoms with Gasteiger partial charge >= 0.3 is 0 Å². The van der Waals surface area contributed by atoms with Crippen LogP contribution in [0.2, 0.25) is 0 Å². The molecule has 28 heavy (non-hydrogen) atoms. The molecule has 2 aromatic carbocycles. The summed E-state index contributed by atoms with van der Waals surface area (Å²) < 4.78 is 18.2. The Labute approximate surface area is 163 Å². The summed E-state index contributed by atoms with van der Waals surface area (Å²) in [6, 6.07) is 15.7. The highest BCUT2D eigenvalue weighted by Crippen LogP contribution is 2.17. The molecule has 0 saturated carbocycles. The molecule has 3 aromatic rings. The van der Waals surface area contributed by atoms with Crippen molar-refractivity contribution in [2.24, 2.45) is 0 Å². The third-order valence-corrected chi connectivity index (χ3v) is 4.29. The lowest BCUT2D eigenvalue weighted by Crippen LogP contribution is -2.23. The molecule has 1 heterocycles. The molecule has 0 spiro atoms. The molecule has 6 heteroatoms. The number of aromatic nitrogens is 1. The van der Waals surface area contributed by atoms with Crippen LogP contribution in [-0.2, 0) is 13.0 Å². The molecule has 144 valence electrons. The van der Waals surface area contributed by atoms with E-state index in [0.29, 0.717) is 18.7 Å². The van der Waals surface area contributed by atoms with E-state index in [0.717, 1.165) is 29.0 Å².